The second kappa shape index (κ2) is 7.22. The zero-order valence-corrected chi connectivity index (χ0v) is 12.1. The molecule has 0 aliphatic carbocycles. The van der Waals surface area contributed by atoms with Gasteiger partial charge in [0, 0.05) is 31.6 Å². The first kappa shape index (κ1) is 14.8. The fourth-order valence-electron chi connectivity index (χ4n) is 3.40. The molecule has 2 aliphatic heterocycles. The van der Waals surface area contributed by atoms with E-state index in [1.165, 1.54) is 38.9 Å². The molecule has 2 saturated heterocycles. The number of nitrogens with one attached hydrogen (secondary N) is 1. The number of carbonyl (C=O) groups excluding carboxylic acids is 1. The van der Waals surface area contributed by atoms with Crippen molar-refractivity contribution in [1.82, 2.24) is 15.2 Å². The Morgan fingerprint density at radius 2 is 2.16 bits per heavy atom. The van der Waals surface area contributed by atoms with Gasteiger partial charge in [0.15, 0.2) is 0 Å². The first-order valence-electron chi connectivity index (χ1n) is 7.68. The van der Waals surface area contributed by atoms with Crippen LogP contribution in [-0.4, -0.2) is 54.0 Å². The predicted molar refractivity (Wildman–Crippen MR) is 76.4 cm³/mol. The standard InChI is InChI=1S/C14H28N4O/c1-12-10-18-9-4-2-6-13(18)11-17(12)8-5-3-7-14(19)16-15/h12-13H,2-11,15H2,1H3,(H,16,19). The van der Waals surface area contributed by atoms with Gasteiger partial charge in [-0.1, -0.05) is 6.42 Å². The molecule has 2 aliphatic rings. The fraction of sp³-hybridized carbons (Fsp3) is 0.929. The minimum absolute atomic E-state index is 0.0508. The Labute approximate surface area is 116 Å². The number of hydrogen-bond acceptors (Lipinski definition) is 4. The number of hydrazine groups is 1. The van der Waals surface area contributed by atoms with E-state index in [1.54, 1.807) is 0 Å². The Bertz CT molecular complexity index is 297. The van der Waals surface area contributed by atoms with Crippen LogP contribution in [0.25, 0.3) is 0 Å². The highest BCUT2D eigenvalue weighted by Gasteiger charge is 2.32. The van der Waals surface area contributed by atoms with Crippen LogP contribution in [0.3, 0.4) is 0 Å². The first-order chi connectivity index (χ1) is 9.20. The summed E-state index contributed by atoms with van der Waals surface area (Å²) in [5.41, 5.74) is 2.19. The number of carbonyl (C=O) groups is 1. The lowest BCUT2D eigenvalue weighted by atomic mass is 9.97. The predicted octanol–water partition coefficient (Wildman–Crippen LogP) is 0.705. The number of hydrogen-bond donors (Lipinski definition) is 2. The Morgan fingerprint density at radius 3 is 2.95 bits per heavy atom. The monoisotopic (exact) mass is 268 g/mol. The topological polar surface area (TPSA) is 61.6 Å². The van der Waals surface area contributed by atoms with Gasteiger partial charge in [0.2, 0.25) is 5.91 Å². The van der Waals surface area contributed by atoms with E-state index >= 15 is 0 Å². The van der Waals surface area contributed by atoms with Crippen LogP contribution >= 0.6 is 0 Å². The molecule has 0 aromatic heterocycles. The lowest BCUT2D eigenvalue weighted by Crippen LogP contribution is -2.58. The van der Waals surface area contributed by atoms with Crippen LogP contribution < -0.4 is 11.3 Å². The summed E-state index contributed by atoms with van der Waals surface area (Å²) in [6.45, 7) is 7.17. The number of nitrogens with two attached hydrogens (primary N) is 1. The third kappa shape index (κ3) is 4.16. The summed E-state index contributed by atoms with van der Waals surface area (Å²) < 4.78 is 0. The number of nitrogens with zero attached hydrogens (tertiary/aromatic N) is 2. The highest BCUT2D eigenvalue weighted by Crippen LogP contribution is 2.24. The minimum atomic E-state index is -0.0508. The van der Waals surface area contributed by atoms with Gasteiger partial charge in [0.1, 0.15) is 0 Å². The number of piperazine rings is 1. The Morgan fingerprint density at radius 1 is 1.32 bits per heavy atom. The van der Waals surface area contributed by atoms with E-state index in [-0.39, 0.29) is 5.91 Å². The van der Waals surface area contributed by atoms with E-state index in [0.29, 0.717) is 12.5 Å². The van der Waals surface area contributed by atoms with Gasteiger partial charge in [-0.3, -0.25) is 20.0 Å². The quantitative estimate of drug-likeness (QED) is 0.333. The molecule has 0 aromatic carbocycles. The maximum Gasteiger partial charge on any atom is 0.233 e. The Hall–Kier alpha value is -0.650. The Balaban J connectivity index is 1.69. The van der Waals surface area contributed by atoms with Crippen molar-refractivity contribution >= 4 is 5.91 Å². The molecular formula is C14H28N4O. The summed E-state index contributed by atoms with van der Waals surface area (Å²) in [5, 5.41) is 0. The van der Waals surface area contributed by atoms with Crippen LogP contribution in [0, 0.1) is 0 Å². The van der Waals surface area contributed by atoms with Crippen LogP contribution in [0.2, 0.25) is 0 Å². The molecule has 0 aromatic rings. The summed E-state index contributed by atoms with van der Waals surface area (Å²) in [4.78, 5) is 16.3. The van der Waals surface area contributed by atoms with Crippen molar-refractivity contribution in [3.05, 3.63) is 0 Å². The van der Waals surface area contributed by atoms with E-state index in [4.69, 9.17) is 5.84 Å². The summed E-state index contributed by atoms with van der Waals surface area (Å²) in [5.74, 6) is 5.03. The maximum atomic E-state index is 11.1. The van der Waals surface area contributed by atoms with Crippen molar-refractivity contribution in [1.29, 1.82) is 0 Å². The second-order valence-electron chi connectivity index (χ2n) is 6.01. The van der Waals surface area contributed by atoms with Gasteiger partial charge in [-0.15, -0.1) is 0 Å². The number of piperidine rings is 1. The molecule has 110 valence electrons. The van der Waals surface area contributed by atoms with Gasteiger partial charge in [-0.25, -0.2) is 5.84 Å². The molecule has 0 spiro atoms. The third-order valence-electron chi connectivity index (χ3n) is 4.58. The lowest BCUT2D eigenvalue weighted by molar-refractivity contribution is -0.121. The zero-order valence-electron chi connectivity index (χ0n) is 12.1. The van der Waals surface area contributed by atoms with Crippen molar-refractivity contribution in [2.24, 2.45) is 5.84 Å². The van der Waals surface area contributed by atoms with E-state index in [2.05, 4.69) is 22.1 Å². The highest BCUT2D eigenvalue weighted by atomic mass is 16.2. The van der Waals surface area contributed by atoms with Crippen LogP contribution in [0.5, 0.6) is 0 Å². The van der Waals surface area contributed by atoms with Crippen molar-refractivity contribution in [2.75, 3.05) is 26.2 Å². The average Bonchev–Trinajstić information content (AvgIpc) is 2.43. The molecule has 0 radical (unpaired) electrons. The third-order valence-corrected chi connectivity index (χ3v) is 4.58. The molecule has 2 fully saturated rings. The van der Waals surface area contributed by atoms with E-state index < -0.39 is 0 Å². The van der Waals surface area contributed by atoms with Crippen LogP contribution in [0.4, 0.5) is 0 Å². The zero-order chi connectivity index (χ0) is 13.7. The lowest BCUT2D eigenvalue weighted by Gasteiger charge is -2.47. The number of rotatable bonds is 5. The van der Waals surface area contributed by atoms with Gasteiger partial charge in [0.25, 0.3) is 0 Å². The smallest absolute Gasteiger partial charge is 0.233 e. The van der Waals surface area contributed by atoms with E-state index in [9.17, 15) is 4.79 Å². The summed E-state index contributed by atoms with van der Waals surface area (Å²) in [6.07, 6.45) is 6.69. The number of fused-ring (bicyclic) bond motifs is 1. The fourth-order valence-corrected chi connectivity index (χ4v) is 3.40. The van der Waals surface area contributed by atoms with Gasteiger partial charge in [-0.2, -0.15) is 0 Å². The molecule has 0 saturated carbocycles. The molecule has 2 atom stereocenters. The van der Waals surface area contributed by atoms with Crippen LogP contribution in [0.15, 0.2) is 0 Å². The molecule has 1 amide bonds. The summed E-state index contributed by atoms with van der Waals surface area (Å²) in [6, 6.07) is 1.43. The number of amides is 1. The molecule has 19 heavy (non-hydrogen) atoms. The largest absolute Gasteiger partial charge is 0.298 e. The van der Waals surface area contributed by atoms with Crippen molar-refractivity contribution in [3.63, 3.8) is 0 Å². The first-order valence-corrected chi connectivity index (χ1v) is 7.68. The van der Waals surface area contributed by atoms with Crippen molar-refractivity contribution in [3.8, 4) is 0 Å². The molecule has 3 N–H and O–H groups in total. The highest BCUT2D eigenvalue weighted by molar-refractivity contribution is 5.75. The van der Waals surface area contributed by atoms with Gasteiger partial charge in [0.05, 0.1) is 0 Å². The van der Waals surface area contributed by atoms with Gasteiger partial charge < -0.3 is 0 Å². The van der Waals surface area contributed by atoms with E-state index in [1.807, 2.05) is 0 Å². The minimum Gasteiger partial charge on any atom is -0.298 e. The molecular weight excluding hydrogens is 240 g/mol. The van der Waals surface area contributed by atoms with Crippen LogP contribution in [-0.2, 0) is 4.79 Å². The maximum absolute atomic E-state index is 11.1. The summed E-state index contributed by atoms with van der Waals surface area (Å²) >= 11 is 0. The van der Waals surface area contributed by atoms with E-state index in [0.717, 1.165) is 25.4 Å². The molecule has 2 rings (SSSR count). The van der Waals surface area contributed by atoms with Gasteiger partial charge in [-0.05, 0) is 45.7 Å². The number of unbranched alkanes of at least 4 members (excludes halogenated alkanes) is 1. The second-order valence-corrected chi connectivity index (χ2v) is 6.01. The van der Waals surface area contributed by atoms with Crippen molar-refractivity contribution in [2.45, 2.75) is 57.5 Å². The molecule has 5 nitrogen and oxygen atoms in total. The molecule has 2 heterocycles. The normalized spacial score (nSPS) is 28.9. The molecule has 2 unspecified atom stereocenters. The van der Waals surface area contributed by atoms with Crippen molar-refractivity contribution < 1.29 is 4.79 Å². The summed E-state index contributed by atoms with van der Waals surface area (Å²) in [7, 11) is 0. The molecule has 0 bridgehead atoms. The Kier molecular flexibility index (Phi) is 5.60. The van der Waals surface area contributed by atoms with Crippen LogP contribution in [0.1, 0.15) is 45.4 Å². The molecule has 5 heteroatoms. The van der Waals surface area contributed by atoms with Gasteiger partial charge >= 0.3 is 0 Å². The SMILES string of the molecule is CC1CN2CCCCC2CN1CCCCC(=O)NN. The average molecular weight is 268 g/mol.